The van der Waals surface area contributed by atoms with Crippen LogP contribution in [0.25, 0.3) is 0 Å². The van der Waals surface area contributed by atoms with E-state index in [1.165, 1.54) is 0 Å². The SMILES string of the molecule is CC1C(=O)N(C)CCN1C(=O)CCc1ccccc1. The zero-order chi connectivity index (χ0) is 13.8. The summed E-state index contributed by atoms with van der Waals surface area (Å²) in [5.41, 5.74) is 1.16. The third-order valence-electron chi connectivity index (χ3n) is 3.67. The summed E-state index contributed by atoms with van der Waals surface area (Å²) in [7, 11) is 1.78. The van der Waals surface area contributed by atoms with Crippen LogP contribution >= 0.6 is 0 Å². The van der Waals surface area contributed by atoms with Gasteiger partial charge in [0.05, 0.1) is 0 Å². The Labute approximate surface area is 114 Å². The van der Waals surface area contributed by atoms with Crippen LogP contribution in [0.4, 0.5) is 0 Å². The van der Waals surface area contributed by atoms with Crippen LogP contribution in [0.1, 0.15) is 18.9 Å². The second kappa shape index (κ2) is 5.87. The first-order valence-electron chi connectivity index (χ1n) is 6.68. The van der Waals surface area contributed by atoms with Gasteiger partial charge in [-0.05, 0) is 18.9 Å². The fourth-order valence-corrected chi connectivity index (χ4v) is 2.39. The van der Waals surface area contributed by atoms with Crippen molar-refractivity contribution in [1.82, 2.24) is 9.80 Å². The predicted molar refractivity (Wildman–Crippen MR) is 73.6 cm³/mol. The lowest BCUT2D eigenvalue weighted by Crippen LogP contribution is -2.56. The normalized spacial score (nSPS) is 19.7. The Balaban J connectivity index is 1.91. The van der Waals surface area contributed by atoms with Crippen molar-refractivity contribution < 1.29 is 9.59 Å². The maximum atomic E-state index is 12.2. The van der Waals surface area contributed by atoms with Gasteiger partial charge in [0.1, 0.15) is 6.04 Å². The summed E-state index contributed by atoms with van der Waals surface area (Å²) in [6, 6.07) is 9.62. The molecule has 19 heavy (non-hydrogen) atoms. The Bertz CT molecular complexity index is 458. The molecule has 2 rings (SSSR count). The summed E-state index contributed by atoms with van der Waals surface area (Å²) >= 11 is 0. The Morgan fingerprint density at radius 1 is 1.26 bits per heavy atom. The van der Waals surface area contributed by atoms with Crippen molar-refractivity contribution in [3.05, 3.63) is 35.9 Å². The summed E-state index contributed by atoms with van der Waals surface area (Å²) in [4.78, 5) is 27.4. The number of likely N-dealkylation sites (N-methyl/N-ethyl adjacent to an activating group) is 1. The first-order chi connectivity index (χ1) is 9.09. The van der Waals surface area contributed by atoms with Gasteiger partial charge in [0.15, 0.2) is 0 Å². The Morgan fingerprint density at radius 3 is 2.63 bits per heavy atom. The van der Waals surface area contributed by atoms with Crippen molar-refractivity contribution in [1.29, 1.82) is 0 Å². The molecule has 0 bridgehead atoms. The zero-order valence-electron chi connectivity index (χ0n) is 11.5. The van der Waals surface area contributed by atoms with Crippen LogP contribution in [0.15, 0.2) is 30.3 Å². The minimum absolute atomic E-state index is 0.0271. The third kappa shape index (κ3) is 3.13. The van der Waals surface area contributed by atoms with Crippen molar-refractivity contribution >= 4 is 11.8 Å². The van der Waals surface area contributed by atoms with E-state index in [1.807, 2.05) is 30.3 Å². The fourth-order valence-electron chi connectivity index (χ4n) is 2.39. The van der Waals surface area contributed by atoms with Crippen LogP contribution in [-0.4, -0.2) is 47.8 Å². The molecule has 1 fully saturated rings. The lowest BCUT2D eigenvalue weighted by Gasteiger charge is -2.37. The summed E-state index contributed by atoms with van der Waals surface area (Å²) in [6.45, 7) is 3.07. The van der Waals surface area contributed by atoms with Gasteiger partial charge in [-0.25, -0.2) is 0 Å². The smallest absolute Gasteiger partial charge is 0.244 e. The lowest BCUT2D eigenvalue weighted by molar-refractivity contribution is -0.149. The summed E-state index contributed by atoms with van der Waals surface area (Å²) < 4.78 is 0. The monoisotopic (exact) mass is 260 g/mol. The fraction of sp³-hybridized carbons (Fsp3) is 0.467. The first kappa shape index (κ1) is 13.6. The standard InChI is InChI=1S/C15H20N2O2/c1-12-15(19)16(2)10-11-17(12)14(18)9-8-13-6-4-3-5-7-13/h3-7,12H,8-11H2,1-2H3. The van der Waals surface area contributed by atoms with Crippen molar-refractivity contribution in [2.75, 3.05) is 20.1 Å². The molecule has 1 saturated heterocycles. The van der Waals surface area contributed by atoms with Gasteiger partial charge in [0.2, 0.25) is 11.8 Å². The molecule has 0 radical (unpaired) electrons. The Hall–Kier alpha value is -1.84. The number of rotatable bonds is 3. The predicted octanol–water partition coefficient (Wildman–Crippen LogP) is 1.31. The molecule has 0 aliphatic carbocycles. The van der Waals surface area contributed by atoms with Crippen molar-refractivity contribution in [2.24, 2.45) is 0 Å². The van der Waals surface area contributed by atoms with Crippen molar-refractivity contribution in [3.8, 4) is 0 Å². The van der Waals surface area contributed by atoms with Crippen LogP contribution in [0.3, 0.4) is 0 Å². The molecule has 0 N–H and O–H groups in total. The highest BCUT2D eigenvalue weighted by Crippen LogP contribution is 2.12. The molecule has 1 heterocycles. The molecule has 1 aromatic rings. The van der Waals surface area contributed by atoms with Crippen molar-refractivity contribution in [2.45, 2.75) is 25.8 Å². The quantitative estimate of drug-likeness (QED) is 0.822. The van der Waals surface area contributed by atoms with Crippen LogP contribution in [0.5, 0.6) is 0 Å². The minimum Gasteiger partial charge on any atom is -0.342 e. The van der Waals surface area contributed by atoms with Gasteiger partial charge in [-0.3, -0.25) is 9.59 Å². The first-order valence-corrected chi connectivity index (χ1v) is 6.68. The van der Waals surface area contributed by atoms with Gasteiger partial charge in [-0.2, -0.15) is 0 Å². The molecule has 1 atom stereocenters. The largest absolute Gasteiger partial charge is 0.342 e. The summed E-state index contributed by atoms with van der Waals surface area (Å²) in [5.74, 6) is 0.0946. The molecule has 4 nitrogen and oxygen atoms in total. The molecule has 1 aliphatic rings. The van der Waals surface area contributed by atoms with Crippen LogP contribution < -0.4 is 0 Å². The highest BCUT2D eigenvalue weighted by Gasteiger charge is 2.31. The summed E-state index contributed by atoms with van der Waals surface area (Å²) in [6.07, 6.45) is 1.19. The zero-order valence-corrected chi connectivity index (χ0v) is 11.5. The van der Waals surface area contributed by atoms with Crippen molar-refractivity contribution in [3.63, 3.8) is 0 Å². The van der Waals surface area contributed by atoms with Crippen LogP contribution in [0, 0.1) is 0 Å². The van der Waals surface area contributed by atoms with E-state index >= 15 is 0 Å². The Morgan fingerprint density at radius 2 is 1.95 bits per heavy atom. The van der Waals surface area contributed by atoms with E-state index in [4.69, 9.17) is 0 Å². The number of aryl methyl sites for hydroxylation is 1. The highest BCUT2D eigenvalue weighted by molar-refractivity contribution is 5.88. The number of nitrogens with zero attached hydrogens (tertiary/aromatic N) is 2. The molecule has 102 valence electrons. The van der Waals surface area contributed by atoms with E-state index < -0.39 is 0 Å². The lowest BCUT2D eigenvalue weighted by atomic mass is 10.1. The van der Waals surface area contributed by atoms with Gasteiger partial charge in [-0.1, -0.05) is 30.3 Å². The number of amides is 2. The molecule has 1 unspecified atom stereocenters. The van der Waals surface area contributed by atoms with E-state index in [9.17, 15) is 9.59 Å². The number of hydrogen-bond donors (Lipinski definition) is 0. The minimum atomic E-state index is -0.331. The van der Waals surface area contributed by atoms with Crippen LogP contribution in [0.2, 0.25) is 0 Å². The average molecular weight is 260 g/mol. The van der Waals surface area contributed by atoms with Gasteiger partial charge in [0.25, 0.3) is 0 Å². The van der Waals surface area contributed by atoms with Gasteiger partial charge in [-0.15, -0.1) is 0 Å². The second-order valence-electron chi connectivity index (χ2n) is 5.01. The third-order valence-corrected chi connectivity index (χ3v) is 3.67. The molecule has 1 aromatic carbocycles. The van der Waals surface area contributed by atoms with Gasteiger partial charge in [0, 0.05) is 26.6 Å². The maximum Gasteiger partial charge on any atom is 0.244 e. The van der Waals surface area contributed by atoms with E-state index in [0.717, 1.165) is 12.0 Å². The number of carbonyl (C=O) groups excluding carboxylic acids is 2. The number of hydrogen-bond acceptors (Lipinski definition) is 2. The number of piperazine rings is 1. The molecule has 0 aromatic heterocycles. The van der Waals surface area contributed by atoms with E-state index in [2.05, 4.69) is 0 Å². The molecular weight excluding hydrogens is 240 g/mol. The Kier molecular flexibility index (Phi) is 4.20. The topological polar surface area (TPSA) is 40.6 Å². The molecule has 0 saturated carbocycles. The van der Waals surface area contributed by atoms with E-state index in [0.29, 0.717) is 19.5 Å². The van der Waals surface area contributed by atoms with Gasteiger partial charge >= 0.3 is 0 Å². The maximum absolute atomic E-state index is 12.2. The van der Waals surface area contributed by atoms with E-state index in [-0.39, 0.29) is 17.9 Å². The average Bonchev–Trinajstić information content (AvgIpc) is 2.43. The molecule has 0 spiro atoms. The molecule has 1 aliphatic heterocycles. The molecular formula is C15H20N2O2. The van der Waals surface area contributed by atoms with E-state index in [1.54, 1.807) is 23.8 Å². The van der Waals surface area contributed by atoms with Crippen LogP contribution in [-0.2, 0) is 16.0 Å². The molecule has 2 amide bonds. The number of benzene rings is 1. The second-order valence-corrected chi connectivity index (χ2v) is 5.01. The summed E-state index contributed by atoms with van der Waals surface area (Å²) in [5, 5.41) is 0. The van der Waals surface area contributed by atoms with Gasteiger partial charge < -0.3 is 9.80 Å². The molecule has 4 heteroatoms. The number of carbonyl (C=O) groups is 2. The highest BCUT2D eigenvalue weighted by atomic mass is 16.2.